The van der Waals surface area contributed by atoms with Crippen LogP contribution < -0.4 is 10.5 Å². The molecule has 7 heteroatoms. The second-order valence-electron chi connectivity index (χ2n) is 7.98. The number of fused-ring (bicyclic) bond motifs is 1. The van der Waals surface area contributed by atoms with Crippen LogP contribution in [0.5, 0.6) is 0 Å². The van der Waals surface area contributed by atoms with Gasteiger partial charge in [0.25, 0.3) is 11.4 Å². The molecule has 1 fully saturated rings. The molecule has 30 heavy (non-hydrogen) atoms. The SMILES string of the molecule is [C-]#[N+]c1ccc2c(n1)c(N1C[C@@H](C)N(Cc3ccc(F)cc3)C[C@@H]1C)cc(=O)n2C. The molecule has 0 spiro atoms. The Morgan fingerprint density at radius 3 is 2.57 bits per heavy atom. The third kappa shape index (κ3) is 3.66. The molecule has 1 aliphatic heterocycles. The van der Waals surface area contributed by atoms with Gasteiger partial charge in [0, 0.05) is 44.8 Å². The lowest BCUT2D eigenvalue weighted by molar-refractivity contribution is 0.158. The maximum atomic E-state index is 13.2. The number of nitrogens with zero attached hydrogens (tertiary/aromatic N) is 5. The third-order valence-corrected chi connectivity index (χ3v) is 5.89. The molecule has 6 nitrogen and oxygen atoms in total. The van der Waals surface area contributed by atoms with Gasteiger partial charge in [0.2, 0.25) is 5.52 Å². The van der Waals surface area contributed by atoms with Crippen LogP contribution in [-0.2, 0) is 13.6 Å². The lowest BCUT2D eigenvalue weighted by Crippen LogP contribution is -2.56. The second kappa shape index (κ2) is 7.88. The van der Waals surface area contributed by atoms with Crippen LogP contribution in [-0.4, -0.2) is 39.6 Å². The van der Waals surface area contributed by atoms with Crippen molar-refractivity contribution in [2.45, 2.75) is 32.5 Å². The van der Waals surface area contributed by atoms with Gasteiger partial charge in [0.05, 0.1) is 11.2 Å². The van der Waals surface area contributed by atoms with Crippen molar-refractivity contribution >= 4 is 22.5 Å². The monoisotopic (exact) mass is 405 g/mol. The molecule has 1 saturated heterocycles. The van der Waals surface area contributed by atoms with Crippen molar-refractivity contribution in [1.82, 2.24) is 14.5 Å². The number of rotatable bonds is 3. The van der Waals surface area contributed by atoms with Gasteiger partial charge in [-0.3, -0.25) is 9.69 Å². The van der Waals surface area contributed by atoms with Crippen molar-refractivity contribution in [3.8, 4) is 0 Å². The molecule has 0 radical (unpaired) electrons. The summed E-state index contributed by atoms with van der Waals surface area (Å²) in [5, 5.41) is 0. The summed E-state index contributed by atoms with van der Waals surface area (Å²) in [5.41, 5.74) is 3.16. The van der Waals surface area contributed by atoms with Gasteiger partial charge in [-0.05, 0) is 43.7 Å². The summed E-state index contributed by atoms with van der Waals surface area (Å²) >= 11 is 0. The predicted molar refractivity (Wildman–Crippen MR) is 116 cm³/mol. The van der Waals surface area contributed by atoms with Crippen molar-refractivity contribution in [2.24, 2.45) is 7.05 Å². The average Bonchev–Trinajstić information content (AvgIpc) is 2.74. The molecule has 1 aliphatic rings. The fraction of sp³-hybridized carbons (Fsp3) is 0.348. The van der Waals surface area contributed by atoms with Crippen LogP contribution in [0.4, 0.5) is 15.9 Å². The molecule has 3 heterocycles. The highest BCUT2D eigenvalue weighted by molar-refractivity contribution is 5.89. The van der Waals surface area contributed by atoms with Crippen LogP contribution >= 0.6 is 0 Å². The first-order chi connectivity index (χ1) is 14.4. The van der Waals surface area contributed by atoms with Crippen LogP contribution in [0.15, 0.2) is 47.3 Å². The molecular formula is C23H24FN5O. The van der Waals surface area contributed by atoms with E-state index in [4.69, 9.17) is 6.57 Å². The summed E-state index contributed by atoms with van der Waals surface area (Å²) in [7, 11) is 1.72. The number of anilines is 1. The van der Waals surface area contributed by atoms with Crippen LogP contribution in [0.3, 0.4) is 0 Å². The van der Waals surface area contributed by atoms with Gasteiger partial charge < -0.3 is 14.3 Å². The molecule has 154 valence electrons. The highest BCUT2D eigenvalue weighted by Crippen LogP contribution is 2.30. The van der Waals surface area contributed by atoms with Gasteiger partial charge in [-0.2, -0.15) is 0 Å². The Labute approximate surface area is 175 Å². The lowest BCUT2D eigenvalue weighted by Gasteiger charge is -2.45. The minimum atomic E-state index is -0.228. The summed E-state index contributed by atoms with van der Waals surface area (Å²) in [6, 6.07) is 12.1. The van der Waals surface area contributed by atoms with E-state index in [0.717, 1.165) is 36.4 Å². The third-order valence-electron chi connectivity index (χ3n) is 5.89. The summed E-state index contributed by atoms with van der Waals surface area (Å²) in [4.78, 5) is 25.1. The van der Waals surface area contributed by atoms with E-state index in [1.807, 2.05) is 12.1 Å². The van der Waals surface area contributed by atoms with Gasteiger partial charge in [0.1, 0.15) is 5.82 Å². The topological polar surface area (TPSA) is 45.7 Å². The maximum absolute atomic E-state index is 13.2. The standard InChI is InChI=1S/C23H24FN5O/c1-15-13-29(16(2)12-28(15)14-17-5-7-18(24)8-6-17)20-11-22(30)27(4)19-9-10-21(25-3)26-23(19)20/h5-11,15-16H,12-14H2,1-2,4H3/t15-,16+/m1/s1. The van der Waals surface area contributed by atoms with Crippen LogP contribution in [0.2, 0.25) is 0 Å². The van der Waals surface area contributed by atoms with E-state index < -0.39 is 0 Å². The number of hydrogen-bond donors (Lipinski definition) is 0. The molecule has 0 bridgehead atoms. The normalized spacial score (nSPS) is 19.8. The van der Waals surface area contributed by atoms with Crippen molar-refractivity contribution in [2.75, 3.05) is 18.0 Å². The van der Waals surface area contributed by atoms with Gasteiger partial charge in [0.15, 0.2) is 0 Å². The van der Waals surface area contributed by atoms with Crippen molar-refractivity contribution in [3.05, 3.63) is 75.6 Å². The molecule has 2 aromatic heterocycles. The fourth-order valence-corrected chi connectivity index (χ4v) is 4.16. The average molecular weight is 405 g/mol. The number of aromatic nitrogens is 2. The van der Waals surface area contributed by atoms with Gasteiger partial charge >= 0.3 is 0 Å². The van der Waals surface area contributed by atoms with Crippen LogP contribution in [0.25, 0.3) is 15.9 Å². The minimum absolute atomic E-state index is 0.0940. The molecule has 1 aromatic carbocycles. The Hall–Kier alpha value is -3.24. The van der Waals surface area contributed by atoms with Crippen LogP contribution in [0, 0.1) is 12.4 Å². The van der Waals surface area contributed by atoms with Crippen molar-refractivity contribution < 1.29 is 4.39 Å². The van der Waals surface area contributed by atoms with E-state index in [1.54, 1.807) is 29.8 Å². The number of pyridine rings is 2. The molecule has 2 atom stereocenters. The number of aryl methyl sites for hydroxylation is 1. The lowest BCUT2D eigenvalue weighted by atomic mass is 10.0. The highest BCUT2D eigenvalue weighted by Gasteiger charge is 2.31. The minimum Gasteiger partial charge on any atom is -0.362 e. The van der Waals surface area contributed by atoms with E-state index in [9.17, 15) is 9.18 Å². The molecule has 0 aliphatic carbocycles. The van der Waals surface area contributed by atoms with E-state index in [1.165, 1.54) is 12.1 Å². The molecular weight excluding hydrogens is 381 g/mol. The van der Waals surface area contributed by atoms with E-state index >= 15 is 0 Å². The molecule has 0 saturated carbocycles. The molecule has 0 amide bonds. The van der Waals surface area contributed by atoms with E-state index in [-0.39, 0.29) is 23.5 Å². The van der Waals surface area contributed by atoms with Crippen molar-refractivity contribution in [1.29, 1.82) is 0 Å². The van der Waals surface area contributed by atoms with Gasteiger partial charge in [-0.15, -0.1) is 4.98 Å². The Kier molecular flexibility index (Phi) is 5.27. The molecule has 0 unspecified atom stereocenters. The number of benzene rings is 1. The van der Waals surface area contributed by atoms with Gasteiger partial charge in [-0.1, -0.05) is 18.7 Å². The first-order valence-electron chi connectivity index (χ1n) is 10.0. The zero-order chi connectivity index (χ0) is 21.4. The molecule has 4 rings (SSSR count). The largest absolute Gasteiger partial charge is 0.362 e. The van der Waals surface area contributed by atoms with Crippen LogP contribution in [0.1, 0.15) is 19.4 Å². The van der Waals surface area contributed by atoms with Crippen molar-refractivity contribution in [3.63, 3.8) is 0 Å². The van der Waals surface area contributed by atoms with E-state index in [2.05, 4.69) is 33.5 Å². The smallest absolute Gasteiger partial charge is 0.270 e. The molecule has 0 N–H and O–H groups in total. The second-order valence-corrected chi connectivity index (χ2v) is 7.98. The molecule has 3 aromatic rings. The first-order valence-corrected chi connectivity index (χ1v) is 10.0. The van der Waals surface area contributed by atoms with Gasteiger partial charge in [-0.25, -0.2) is 4.39 Å². The number of halogens is 1. The zero-order valence-electron chi connectivity index (χ0n) is 17.3. The summed E-state index contributed by atoms with van der Waals surface area (Å²) < 4.78 is 14.8. The highest BCUT2D eigenvalue weighted by atomic mass is 19.1. The Morgan fingerprint density at radius 2 is 1.87 bits per heavy atom. The predicted octanol–water partition coefficient (Wildman–Crippen LogP) is 3.72. The number of piperazine rings is 1. The quantitative estimate of drug-likeness (QED) is 0.623. The maximum Gasteiger partial charge on any atom is 0.270 e. The fourth-order valence-electron chi connectivity index (χ4n) is 4.16. The zero-order valence-corrected chi connectivity index (χ0v) is 17.3. The Balaban J connectivity index is 1.66. The first kappa shape index (κ1) is 20.0. The summed E-state index contributed by atoms with van der Waals surface area (Å²) in [5.74, 6) is 0.0897. The Bertz CT molecular complexity index is 1180. The Morgan fingerprint density at radius 1 is 1.13 bits per heavy atom. The van der Waals surface area contributed by atoms with E-state index in [0.29, 0.717) is 11.3 Å². The summed E-state index contributed by atoms with van der Waals surface area (Å²) in [6.07, 6.45) is 0. The number of hydrogen-bond acceptors (Lipinski definition) is 4. The summed E-state index contributed by atoms with van der Waals surface area (Å²) in [6.45, 7) is 13.9.